The van der Waals surface area contributed by atoms with Crippen LogP contribution in [-0.2, 0) is 0 Å². The van der Waals surface area contributed by atoms with E-state index in [0.29, 0.717) is 74.1 Å². The van der Waals surface area contributed by atoms with Gasteiger partial charge >= 0.3 is 0 Å². The van der Waals surface area contributed by atoms with Gasteiger partial charge in [0.25, 0.3) is 0 Å². The zero-order chi connectivity index (χ0) is 64.6. The summed E-state index contributed by atoms with van der Waals surface area (Å²) in [5, 5.41) is 0. The molecule has 6 heteroatoms. The van der Waals surface area contributed by atoms with E-state index in [9.17, 15) is 0 Å². The molecule has 0 bridgehead atoms. The Labute approximate surface area is 565 Å². The van der Waals surface area contributed by atoms with E-state index in [1.165, 1.54) is 385 Å². The van der Waals surface area contributed by atoms with Crippen LogP contribution >= 0.6 is 0 Å². The fraction of sp³-hybridized carbons (Fsp3) is 0.929. The lowest BCUT2D eigenvalue weighted by Crippen LogP contribution is -2.13. The Kier molecular flexibility index (Phi) is 69.6. The Bertz CT molecular complexity index is 1220. The quantitative estimate of drug-likeness (QED) is 0.0606. The van der Waals surface area contributed by atoms with Gasteiger partial charge in [-0.05, 0) is 38.5 Å². The fourth-order valence-corrected chi connectivity index (χ4v) is 13.0. The van der Waals surface area contributed by atoms with E-state index in [1.54, 1.807) is 0 Å². The first-order valence-electron chi connectivity index (χ1n) is 41.7. The number of hydrogen-bond acceptors (Lipinski definition) is 6. The SMILES string of the molecule is CCCCCCCCCCCCCOc1c(OCCCCCCCCCCCCC)c(OCCCCCCCCCCCCC)c(OCCCCCCCCCCCCC)c(OCCCCCCCCCCCCC)c1OCCCCCCCCCCCCC. The second-order valence-corrected chi connectivity index (χ2v) is 28.3. The summed E-state index contributed by atoms with van der Waals surface area (Å²) in [7, 11) is 0. The van der Waals surface area contributed by atoms with Crippen molar-refractivity contribution >= 4 is 0 Å². The molecule has 1 aromatic rings. The maximum absolute atomic E-state index is 7.18. The Hall–Kier alpha value is -1.98. The predicted octanol–water partition coefficient (Wildman–Crippen LogP) is 29.8. The first-order chi connectivity index (χ1) is 44.7. The second kappa shape index (κ2) is 72.8. The molecule has 90 heavy (non-hydrogen) atoms. The first kappa shape index (κ1) is 86.0. The van der Waals surface area contributed by atoms with E-state index in [-0.39, 0.29) is 0 Å². The number of hydrogen-bond donors (Lipinski definition) is 0. The molecule has 0 amide bonds. The fourth-order valence-electron chi connectivity index (χ4n) is 13.0. The molecule has 0 atom stereocenters. The van der Waals surface area contributed by atoms with Gasteiger partial charge in [-0.15, -0.1) is 0 Å². The largest absolute Gasteiger partial charge is 0.486 e. The highest BCUT2D eigenvalue weighted by Gasteiger charge is 2.32. The van der Waals surface area contributed by atoms with Crippen molar-refractivity contribution < 1.29 is 28.4 Å². The monoisotopic (exact) mass is 1270 g/mol. The van der Waals surface area contributed by atoms with Crippen molar-refractivity contribution in [2.75, 3.05) is 39.6 Å². The molecule has 0 radical (unpaired) electrons. The lowest BCUT2D eigenvalue weighted by Gasteiger charge is -2.26. The highest BCUT2D eigenvalue weighted by atomic mass is 16.6. The molecule has 0 heterocycles. The average molecular weight is 1270 g/mol. The molecule has 0 unspecified atom stereocenters. The minimum atomic E-state index is 0.621. The van der Waals surface area contributed by atoms with Gasteiger partial charge in [-0.1, -0.05) is 427 Å². The van der Waals surface area contributed by atoms with E-state index >= 15 is 0 Å². The van der Waals surface area contributed by atoms with Crippen LogP contribution in [0.4, 0.5) is 0 Å². The molecule has 0 aliphatic heterocycles. The molecule has 0 aliphatic rings. The van der Waals surface area contributed by atoms with Crippen molar-refractivity contribution in [3.05, 3.63) is 0 Å². The van der Waals surface area contributed by atoms with Gasteiger partial charge in [-0.25, -0.2) is 0 Å². The van der Waals surface area contributed by atoms with E-state index in [2.05, 4.69) is 41.5 Å². The van der Waals surface area contributed by atoms with Crippen molar-refractivity contribution in [1.82, 2.24) is 0 Å². The Morgan fingerprint density at radius 1 is 0.111 bits per heavy atom. The van der Waals surface area contributed by atoms with Crippen LogP contribution in [0.2, 0.25) is 0 Å². The maximum atomic E-state index is 7.18. The van der Waals surface area contributed by atoms with Crippen molar-refractivity contribution in [1.29, 1.82) is 0 Å². The van der Waals surface area contributed by atoms with Crippen LogP contribution in [-0.4, -0.2) is 39.6 Å². The molecule has 1 rings (SSSR count). The summed E-state index contributed by atoms with van der Waals surface area (Å²) in [6, 6.07) is 0. The lowest BCUT2D eigenvalue weighted by molar-refractivity contribution is 0.188. The molecule has 0 N–H and O–H groups in total. The van der Waals surface area contributed by atoms with Crippen molar-refractivity contribution in [2.45, 2.75) is 465 Å². The molecule has 0 aliphatic carbocycles. The van der Waals surface area contributed by atoms with Gasteiger partial charge in [0.15, 0.2) is 0 Å². The molecule has 0 saturated carbocycles. The molecular weight excluding hydrogens is 1100 g/mol. The molecule has 0 saturated heterocycles. The van der Waals surface area contributed by atoms with Gasteiger partial charge in [0.2, 0.25) is 34.5 Å². The van der Waals surface area contributed by atoms with Crippen LogP contribution in [0.15, 0.2) is 0 Å². The van der Waals surface area contributed by atoms with Crippen LogP contribution in [0.3, 0.4) is 0 Å². The third-order valence-electron chi connectivity index (χ3n) is 19.2. The van der Waals surface area contributed by atoms with Gasteiger partial charge in [0.1, 0.15) is 0 Å². The van der Waals surface area contributed by atoms with E-state index < -0.39 is 0 Å². The number of rotatable bonds is 78. The highest BCUT2D eigenvalue weighted by molar-refractivity contribution is 5.73. The Morgan fingerprint density at radius 2 is 0.189 bits per heavy atom. The predicted molar refractivity (Wildman–Crippen MR) is 398 cm³/mol. The summed E-state index contributed by atoms with van der Waals surface area (Å²) in [5.74, 6) is 4.16. The van der Waals surface area contributed by atoms with E-state index in [4.69, 9.17) is 28.4 Å². The van der Waals surface area contributed by atoms with Crippen LogP contribution in [0, 0.1) is 0 Å². The number of unbranched alkanes of at least 4 members (excludes halogenated alkanes) is 60. The Balaban J connectivity index is 3.71. The topological polar surface area (TPSA) is 55.4 Å². The standard InChI is InChI=1S/C84H162O6/c1-7-13-19-25-31-37-43-49-55-61-67-73-85-79-80(86-74-68-62-56-50-44-38-32-26-20-14-8-2)82(88-76-70-64-58-52-46-40-34-28-22-16-10-4)84(90-78-72-66-60-54-48-42-36-30-24-18-12-6)83(89-77-71-65-59-53-47-41-35-29-23-17-11-5)81(79)87-75-69-63-57-51-45-39-33-27-21-15-9-3/h7-78H2,1-6H3. The Morgan fingerprint density at radius 3 is 0.278 bits per heavy atom. The van der Waals surface area contributed by atoms with E-state index in [0.717, 1.165) is 38.5 Å². The van der Waals surface area contributed by atoms with Crippen molar-refractivity contribution in [3.8, 4) is 34.5 Å². The summed E-state index contributed by atoms with van der Waals surface area (Å²) in [5.41, 5.74) is 0. The van der Waals surface area contributed by atoms with E-state index in [1.807, 2.05) is 0 Å². The summed E-state index contributed by atoms with van der Waals surface area (Å²) >= 11 is 0. The molecule has 6 nitrogen and oxygen atoms in total. The molecule has 0 aromatic heterocycles. The molecule has 1 aromatic carbocycles. The van der Waals surface area contributed by atoms with Crippen molar-refractivity contribution in [3.63, 3.8) is 0 Å². The highest BCUT2D eigenvalue weighted by Crippen LogP contribution is 2.58. The van der Waals surface area contributed by atoms with Crippen molar-refractivity contribution in [2.24, 2.45) is 0 Å². The second-order valence-electron chi connectivity index (χ2n) is 28.3. The average Bonchev–Trinajstić information content (AvgIpc) is 0.790. The molecule has 534 valence electrons. The third kappa shape index (κ3) is 55.3. The maximum Gasteiger partial charge on any atom is 0.211 e. The van der Waals surface area contributed by atoms with Gasteiger partial charge in [0, 0.05) is 0 Å². The number of ether oxygens (including phenoxy) is 6. The smallest absolute Gasteiger partial charge is 0.211 e. The van der Waals surface area contributed by atoms with Gasteiger partial charge < -0.3 is 28.4 Å². The molecule has 0 fully saturated rings. The zero-order valence-electron chi connectivity index (χ0n) is 62.4. The van der Waals surface area contributed by atoms with Gasteiger partial charge in [0.05, 0.1) is 39.6 Å². The van der Waals surface area contributed by atoms with Crippen LogP contribution in [0.25, 0.3) is 0 Å². The summed E-state index contributed by atoms with van der Waals surface area (Å²) in [6.45, 7) is 17.6. The van der Waals surface area contributed by atoms with Gasteiger partial charge in [-0.3, -0.25) is 0 Å². The van der Waals surface area contributed by atoms with Crippen LogP contribution < -0.4 is 28.4 Å². The number of benzene rings is 1. The molecule has 0 spiro atoms. The lowest BCUT2D eigenvalue weighted by atomic mass is 10.1. The first-order valence-corrected chi connectivity index (χ1v) is 41.7. The zero-order valence-corrected chi connectivity index (χ0v) is 62.4. The summed E-state index contributed by atoms with van der Waals surface area (Å²) in [4.78, 5) is 0. The normalized spacial score (nSPS) is 11.5. The summed E-state index contributed by atoms with van der Waals surface area (Å²) < 4.78 is 43.1. The summed E-state index contributed by atoms with van der Waals surface area (Å²) in [6.07, 6.45) is 86.1. The van der Waals surface area contributed by atoms with Crippen LogP contribution in [0.1, 0.15) is 465 Å². The third-order valence-corrected chi connectivity index (χ3v) is 19.2. The molecular formula is C84H162O6. The minimum Gasteiger partial charge on any atom is -0.486 e. The minimum absolute atomic E-state index is 0.621. The van der Waals surface area contributed by atoms with Crippen LogP contribution in [0.5, 0.6) is 34.5 Å². The van der Waals surface area contributed by atoms with Gasteiger partial charge in [-0.2, -0.15) is 0 Å².